The van der Waals surface area contributed by atoms with Crippen LogP contribution >= 0.6 is 0 Å². The fraction of sp³-hybridized carbons (Fsp3) is 0.889. The number of nitrogens with one attached hydrogen (secondary N) is 4. The third kappa shape index (κ3) is 12.5. The molecule has 25 heteroatoms. The van der Waals surface area contributed by atoms with E-state index in [4.69, 9.17) is 33.2 Å². The smallest absolute Gasteiger partial charge is 0.220 e. The summed E-state index contributed by atoms with van der Waals surface area (Å²) in [5.74, 6) is -2.68. The minimum absolute atomic E-state index is 0.0475. The molecule has 0 aromatic rings. The van der Waals surface area contributed by atoms with Gasteiger partial charge in [0.2, 0.25) is 23.6 Å². The van der Waals surface area contributed by atoms with E-state index in [0.29, 0.717) is 6.42 Å². The molecule has 0 aliphatic carbocycles. The Kier molecular flexibility index (Phi) is 19.4. The molecule has 0 aromatic carbocycles. The summed E-state index contributed by atoms with van der Waals surface area (Å²) in [6.07, 6.45) is -24.8. The number of ether oxygens (including phenoxy) is 7. The number of carbonyl (C=O) groups excluding carboxylic acids is 4. The molecule has 2 unspecified atom stereocenters. The molecule has 4 saturated heterocycles. The van der Waals surface area contributed by atoms with E-state index in [9.17, 15) is 70.2 Å². The van der Waals surface area contributed by atoms with Gasteiger partial charge in [0.1, 0.15) is 97.4 Å². The standard InChI is InChI=1S/C36H62N4O21/c1-5-6-7-8-20(48)40-22-26(50)25(49)16(9-41)56-34(22)60-31-18(11-43)58-36(24(28(31)52)39-15(4)47)61-32-19(12-44)57-35(23(29(32)53)38-14(3)46)59-30-17(10-42)55-33(54)21(27(30)51)37-13(2)45/h16-19,21-36,41-44,49-54H,5-12H2,1-4H3,(H,37,45)(H,38,46)(H,39,47)(H,40,48)/t16-,17-,18-,19-,21-,22-,23-,24-,25-,26-,27?,28?,29-,30-,31-,32-,33-,34+,35+,36+/m1/s1. The maximum absolute atomic E-state index is 12.8. The number of rotatable bonds is 18. The van der Waals surface area contributed by atoms with Crippen LogP contribution in [0.3, 0.4) is 0 Å². The van der Waals surface area contributed by atoms with E-state index in [1.807, 2.05) is 6.92 Å². The van der Waals surface area contributed by atoms with Crippen molar-refractivity contribution in [3.05, 3.63) is 0 Å². The molecule has 25 nitrogen and oxygen atoms in total. The third-order valence-corrected chi connectivity index (χ3v) is 10.8. The predicted molar refractivity (Wildman–Crippen MR) is 199 cm³/mol. The molecule has 4 heterocycles. The highest BCUT2D eigenvalue weighted by atomic mass is 16.8. The zero-order valence-corrected chi connectivity index (χ0v) is 34.2. The van der Waals surface area contributed by atoms with Gasteiger partial charge in [-0.1, -0.05) is 19.8 Å². The second kappa shape index (κ2) is 23.2. The lowest BCUT2D eigenvalue weighted by Crippen LogP contribution is -2.71. The van der Waals surface area contributed by atoms with E-state index in [-0.39, 0.29) is 6.42 Å². The van der Waals surface area contributed by atoms with Gasteiger partial charge in [0.15, 0.2) is 25.2 Å². The van der Waals surface area contributed by atoms with Crippen LogP contribution in [0.1, 0.15) is 53.4 Å². The Morgan fingerprint density at radius 2 is 0.836 bits per heavy atom. The minimum Gasteiger partial charge on any atom is -0.394 e. The monoisotopic (exact) mass is 886 g/mol. The van der Waals surface area contributed by atoms with Crippen molar-refractivity contribution in [3.63, 3.8) is 0 Å². The number of unbranched alkanes of at least 4 members (excludes halogenated alkanes) is 2. The molecule has 61 heavy (non-hydrogen) atoms. The van der Waals surface area contributed by atoms with Crippen molar-refractivity contribution in [2.45, 2.75) is 176 Å². The molecule has 0 radical (unpaired) electrons. The third-order valence-electron chi connectivity index (χ3n) is 10.8. The van der Waals surface area contributed by atoms with Crippen molar-refractivity contribution >= 4 is 23.6 Å². The highest BCUT2D eigenvalue weighted by Gasteiger charge is 2.56. The first-order valence-corrected chi connectivity index (χ1v) is 20.1. The molecule has 20 atom stereocenters. The zero-order valence-electron chi connectivity index (χ0n) is 34.2. The lowest BCUT2D eigenvalue weighted by Gasteiger charge is -2.51. The Morgan fingerprint density at radius 3 is 1.23 bits per heavy atom. The molecule has 4 aliphatic rings. The highest BCUT2D eigenvalue weighted by Crippen LogP contribution is 2.34. The summed E-state index contributed by atoms with van der Waals surface area (Å²) in [6, 6.07) is -6.15. The second-order valence-electron chi connectivity index (χ2n) is 15.4. The minimum atomic E-state index is -1.90. The van der Waals surface area contributed by atoms with Crippen LogP contribution < -0.4 is 21.3 Å². The van der Waals surface area contributed by atoms with Gasteiger partial charge >= 0.3 is 0 Å². The van der Waals surface area contributed by atoms with E-state index in [1.165, 1.54) is 0 Å². The number of amides is 4. The molecule has 0 spiro atoms. The van der Waals surface area contributed by atoms with E-state index in [2.05, 4.69) is 21.3 Å². The van der Waals surface area contributed by atoms with Gasteiger partial charge in [-0.05, 0) is 6.42 Å². The summed E-state index contributed by atoms with van der Waals surface area (Å²) in [7, 11) is 0. The molecule has 0 bridgehead atoms. The summed E-state index contributed by atoms with van der Waals surface area (Å²) in [4.78, 5) is 49.5. The molecule has 4 amide bonds. The van der Waals surface area contributed by atoms with Gasteiger partial charge in [-0.2, -0.15) is 0 Å². The van der Waals surface area contributed by atoms with Gasteiger partial charge in [0.25, 0.3) is 0 Å². The average molecular weight is 887 g/mol. The summed E-state index contributed by atoms with van der Waals surface area (Å²) in [5.41, 5.74) is 0. The van der Waals surface area contributed by atoms with Gasteiger partial charge in [0.05, 0.1) is 26.4 Å². The molecule has 4 fully saturated rings. The summed E-state index contributed by atoms with van der Waals surface area (Å²) in [6.45, 7) is 1.75. The largest absolute Gasteiger partial charge is 0.394 e. The zero-order chi connectivity index (χ0) is 45.3. The van der Waals surface area contributed by atoms with E-state index in [0.717, 1.165) is 33.6 Å². The quantitative estimate of drug-likeness (QED) is 0.0569. The van der Waals surface area contributed by atoms with Crippen LogP contribution in [0.25, 0.3) is 0 Å². The molecule has 0 aromatic heterocycles. The number of hydrogen-bond donors (Lipinski definition) is 14. The Labute approximate surface area is 350 Å². The van der Waals surface area contributed by atoms with E-state index < -0.39 is 173 Å². The average Bonchev–Trinajstić information content (AvgIpc) is 3.20. The van der Waals surface area contributed by atoms with Crippen molar-refractivity contribution < 1.29 is 103 Å². The van der Waals surface area contributed by atoms with E-state index in [1.54, 1.807) is 0 Å². The summed E-state index contributed by atoms with van der Waals surface area (Å²) < 4.78 is 41.0. The predicted octanol–water partition coefficient (Wildman–Crippen LogP) is -7.61. The SMILES string of the molecule is CCCCCC(=O)N[C@H]1[C@H](O[C@H]2C(O)[C@@H](NC(C)=O)[C@H](O[C@H]3[C@H](O)[C@@H](NC(C)=O)[C@H](O[C@H]4C(O)[C@@H](NC(C)=O)[C@H](O)O[C@@H]4CO)O[C@@H]3CO)O[C@@H]2CO)O[C@H](CO)[C@@H](O)[C@@H]1O. The van der Waals surface area contributed by atoms with Gasteiger partial charge in [-0.25, -0.2) is 0 Å². The van der Waals surface area contributed by atoms with Crippen molar-refractivity contribution in [3.8, 4) is 0 Å². The number of aliphatic hydroxyl groups excluding tert-OH is 10. The number of hydrogen-bond acceptors (Lipinski definition) is 21. The first kappa shape index (κ1) is 50.8. The Bertz CT molecular complexity index is 1440. The van der Waals surface area contributed by atoms with Crippen molar-refractivity contribution in [2.24, 2.45) is 0 Å². The van der Waals surface area contributed by atoms with Crippen LogP contribution in [0.4, 0.5) is 0 Å². The Hall–Kier alpha value is -2.80. The number of aliphatic hydroxyl groups is 10. The van der Waals surface area contributed by atoms with Gasteiger partial charge in [-0.15, -0.1) is 0 Å². The molecular weight excluding hydrogens is 824 g/mol. The first-order chi connectivity index (χ1) is 28.9. The normalized spacial score (nSPS) is 41.7. The topological polar surface area (TPSA) is 383 Å². The van der Waals surface area contributed by atoms with E-state index >= 15 is 0 Å². The molecule has 4 aliphatic heterocycles. The first-order valence-electron chi connectivity index (χ1n) is 20.1. The van der Waals surface area contributed by atoms with Crippen LogP contribution in [0.2, 0.25) is 0 Å². The Balaban J connectivity index is 1.60. The lowest BCUT2D eigenvalue weighted by molar-refractivity contribution is -0.362. The van der Waals surface area contributed by atoms with Crippen LogP contribution in [0.15, 0.2) is 0 Å². The maximum atomic E-state index is 12.8. The fourth-order valence-corrected chi connectivity index (χ4v) is 7.73. The van der Waals surface area contributed by atoms with Crippen LogP contribution in [0, 0.1) is 0 Å². The second-order valence-corrected chi connectivity index (χ2v) is 15.4. The molecule has 4 rings (SSSR count). The molecular formula is C36H62N4O21. The molecule has 352 valence electrons. The molecule has 14 N–H and O–H groups in total. The lowest BCUT2D eigenvalue weighted by atomic mass is 9.93. The maximum Gasteiger partial charge on any atom is 0.220 e. The van der Waals surface area contributed by atoms with Crippen LogP contribution in [0.5, 0.6) is 0 Å². The summed E-state index contributed by atoms with van der Waals surface area (Å²) in [5, 5.41) is 117. The molecule has 0 saturated carbocycles. The van der Waals surface area contributed by atoms with Crippen LogP contribution in [-0.4, -0.2) is 224 Å². The van der Waals surface area contributed by atoms with Gasteiger partial charge in [-0.3, -0.25) is 19.2 Å². The summed E-state index contributed by atoms with van der Waals surface area (Å²) >= 11 is 0. The van der Waals surface area contributed by atoms with Gasteiger partial charge in [0, 0.05) is 27.2 Å². The fourth-order valence-electron chi connectivity index (χ4n) is 7.73. The van der Waals surface area contributed by atoms with Crippen molar-refractivity contribution in [1.29, 1.82) is 0 Å². The highest BCUT2D eigenvalue weighted by molar-refractivity contribution is 5.76. The van der Waals surface area contributed by atoms with Gasteiger partial charge < -0.3 is 105 Å². The van der Waals surface area contributed by atoms with Crippen molar-refractivity contribution in [1.82, 2.24) is 21.3 Å². The Morgan fingerprint density at radius 1 is 0.475 bits per heavy atom. The number of carbonyl (C=O) groups is 4. The van der Waals surface area contributed by atoms with Crippen molar-refractivity contribution in [2.75, 3.05) is 26.4 Å². The van der Waals surface area contributed by atoms with Crippen LogP contribution in [-0.2, 0) is 52.3 Å².